The molecule has 88 valence electrons. The Morgan fingerprint density at radius 3 is 2.69 bits per heavy atom. The van der Waals surface area contributed by atoms with Gasteiger partial charge in [-0.05, 0) is 18.2 Å². The summed E-state index contributed by atoms with van der Waals surface area (Å²) in [5, 5.41) is 26.5. The van der Waals surface area contributed by atoms with E-state index in [2.05, 4.69) is 0 Å². The highest BCUT2D eigenvalue weighted by Gasteiger charge is 2.09. The van der Waals surface area contributed by atoms with Crippen LogP contribution in [0.1, 0.15) is 10.4 Å². The summed E-state index contributed by atoms with van der Waals surface area (Å²) in [6.07, 6.45) is -0.787. The van der Waals surface area contributed by atoms with Gasteiger partial charge < -0.3 is 21.1 Å². The molecule has 0 amide bonds. The molecule has 1 unspecified atom stereocenters. The maximum atomic E-state index is 10.7. The number of nitrogen functional groups attached to an aromatic ring is 1. The van der Waals surface area contributed by atoms with Gasteiger partial charge in [0.05, 0.1) is 18.3 Å². The number of anilines is 1. The fourth-order valence-corrected chi connectivity index (χ4v) is 1.94. The zero-order chi connectivity index (χ0) is 12.1. The number of thioether (sulfide) groups is 1. The van der Waals surface area contributed by atoms with E-state index in [1.165, 1.54) is 23.9 Å². The number of hydrogen-bond acceptors (Lipinski definition) is 5. The Kier molecular flexibility index (Phi) is 4.60. The third-order valence-corrected chi connectivity index (χ3v) is 3.05. The van der Waals surface area contributed by atoms with Crippen molar-refractivity contribution in [3.8, 4) is 0 Å². The third kappa shape index (κ3) is 3.41. The van der Waals surface area contributed by atoms with Gasteiger partial charge in [0.1, 0.15) is 0 Å². The number of benzene rings is 1. The summed E-state index contributed by atoms with van der Waals surface area (Å²) in [4.78, 5) is 11.4. The van der Waals surface area contributed by atoms with Crippen LogP contribution >= 0.6 is 11.8 Å². The quantitative estimate of drug-likeness (QED) is 0.441. The van der Waals surface area contributed by atoms with Gasteiger partial charge in [0.25, 0.3) is 0 Å². The van der Waals surface area contributed by atoms with E-state index in [0.717, 1.165) is 4.90 Å². The predicted octanol–water partition coefficient (Wildman–Crippen LogP) is 0.412. The number of carboxylic acid groups (broad SMARTS) is 1. The zero-order valence-corrected chi connectivity index (χ0v) is 9.28. The van der Waals surface area contributed by atoms with E-state index in [9.17, 15) is 4.79 Å². The van der Waals surface area contributed by atoms with Crippen molar-refractivity contribution in [1.82, 2.24) is 0 Å². The van der Waals surface area contributed by atoms with Crippen molar-refractivity contribution in [3.63, 3.8) is 0 Å². The normalized spacial score (nSPS) is 12.4. The van der Waals surface area contributed by atoms with Crippen LogP contribution < -0.4 is 5.73 Å². The van der Waals surface area contributed by atoms with E-state index in [1.807, 2.05) is 0 Å². The highest BCUT2D eigenvalue weighted by Crippen LogP contribution is 2.23. The molecule has 16 heavy (non-hydrogen) atoms. The van der Waals surface area contributed by atoms with Crippen molar-refractivity contribution in [2.75, 3.05) is 18.1 Å². The molecule has 0 bridgehead atoms. The Morgan fingerprint density at radius 1 is 1.50 bits per heavy atom. The van der Waals surface area contributed by atoms with Gasteiger partial charge in [-0.1, -0.05) is 0 Å². The van der Waals surface area contributed by atoms with Crippen LogP contribution in [0.3, 0.4) is 0 Å². The van der Waals surface area contributed by atoms with Crippen molar-refractivity contribution in [2.24, 2.45) is 0 Å². The lowest BCUT2D eigenvalue weighted by atomic mass is 10.2. The van der Waals surface area contributed by atoms with Gasteiger partial charge in [0, 0.05) is 16.3 Å². The molecule has 0 aromatic heterocycles. The van der Waals surface area contributed by atoms with Gasteiger partial charge >= 0.3 is 5.97 Å². The largest absolute Gasteiger partial charge is 0.478 e. The van der Waals surface area contributed by atoms with E-state index < -0.39 is 12.1 Å². The monoisotopic (exact) mass is 243 g/mol. The summed E-state index contributed by atoms with van der Waals surface area (Å²) < 4.78 is 0. The lowest BCUT2D eigenvalue weighted by Gasteiger charge is -2.08. The Hall–Kier alpha value is -1.24. The van der Waals surface area contributed by atoms with Gasteiger partial charge in [0.2, 0.25) is 0 Å². The van der Waals surface area contributed by atoms with E-state index in [4.69, 9.17) is 21.1 Å². The molecule has 1 aromatic carbocycles. The maximum absolute atomic E-state index is 10.7. The molecule has 1 atom stereocenters. The number of aliphatic hydroxyl groups excluding tert-OH is 2. The third-order valence-electron chi connectivity index (χ3n) is 1.91. The smallest absolute Gasteiger partial charge is 0.337 e. The molecule has 0 fully saturated rings. The molecule has 0 saturated carbocycles. The Balaban J connectivity index is 2.70. The standard InChI is InChI=1S/C10H13NO4S/c11-9-3-7(16-5-6(13)4-12)1-2-8(9)10(14)15/h1-3,6,12-13H,4-5,11H2,(H,14,15). The molecule has 5 nitrogen and oxygen atoms in total. The van der Waals surface area contributed by atoms with Crippen LogP contribution in [0.15, 0.2) is 23.1 Å². The Bertz CT molecular complexity index is 383. The first kappa shape index (κ1) is 12.8. The molecule has 0 spiro atoms. The second kappa shape index (κ2) is 5.74. The SMILES string of the molecule is Nc1cc(SCC(O)CO)ccc1C(=O)O. The second-order valence-electron chi connectivity index (χ2n) is 3.20. The van der Waals surface area contributed by atoms with Gasteiger partial charge in [-0.15, -0.1) is 11.8 Å². The summed E-state index contributed by atoms with van der Waals surface area (Å²) in [6, 6.07) is 4.58. The first-order chi connectivity index (χ1) is 7.54. The lowest BCUT2D eigenvalue weighted by Crippen LogP contribution is -2.14. The summed E-state index contributed by atoms with van der Waals surface area (Å²) in [6.45, 7) is -0.296. The van der Waals surface area contributed by atoms with E-state index in [-0.39, 0.29) is 17.9 Å². The van der Waals surface area contributed by atoms with Gasteiger partial charge in [0.15, 0.2) is 0 Å². The minimum absolute atomic E-state index is 0.0621. The Morgan fingerprint density at radius 2 is 2.19 bits per heavy atom. The first-order valence-electron chi connectivity index (χ1n) is 4.59. The number of nitrogens with two attached hydrogens (primary N) is 1. The van der Waals surface area contributed by atoms with Crippen molar-refractivity contribution in [1.29, 1.82) is 0 Å². The molecule has 1 rings (SSSR count). The predicted molar refractivity (Wildman–Crippen MR) is 61.6 cm³/mol. The van der Waals surface area contributed by atoms with Gasteiger partial charge in [-0.25, -0.2) is 4.79 Å². The number of aromatic carboxylic acids is 1. The minimum Gasteiger partial charge on any atom is -0.478 e. The molecule has 0 saturated heterocycles. The summed E-state index contributed by atoms with van der Waals surface area (Å²) >= 11 is 1.30. The van der Waals surface area contributed by atoms with Crippen LogP contribution in [0.5, 0.6) is 0 Å². The van der Waals surface area contributed by atoms with E-state index >= 15 is 0 Å². The van der Waals surface area contributed by atoms with Crippen LogP contribution in [0.25, 0.3) is 0 Å². The van der Waals surface area contributed by atoms with Gasteiger partial charge in [-0.3, -0.25) is 0 Å². The average Bonchev–Trinajstić information content (AvgIpc) is 2.25. The summed E-state index contributed by atoms with van der Waals surface area (Å²) in [5.74, 6) is -0.730. The van der Waals surface area contributed by atoms with Gasteiger partial charge in [-0.2, -0.15) is 0 Å². The zero-order valence-electron chi connectivity index (χ0n) is 8.46. The van der Waals surface area contributed by atoms with E-state index in [1.54, 1.807) is 6.07 Å². The topological polar surface area (TPSA) is 104 Å². The number of carboxylic acids is 1. The molecule has 0 heterocycles. The first-order valence-corrected chi connectivity index (χ1v) is 5.57. The van der Waals surface area contributed by atoms with Crippen molar-refractivity contribution < 1.29 is 20.1 Å². The molecule has 0 aliphatic carbocycles. The second-order valence-corrected chi connectivity index (χ2v) is 4.30. The van der Waals surface area contributed by atoms with Crippen molar-refractivity contribution in [3.05, 3.63) is 23.8 Å². The number of aliphatic hydroxyl groups is 2. The Labute approximate surface area is 96.9 Å². The molecular formula is C10H13NO4S. The summed E-state index contributed by atoms with van der Waals surface area (Å²) in [7, 11) is 0. The number of carbonyl (C=O) groups is 1. The fourth-order valence-electron chi connectivity index (χ4n) is 1.07. The molecule has 0 radical (unpaired) electrons. The highest BCUT2D eigenvalue weighted by molar-refractivity contribution is 7.99. The highest BCUT2D eigenvalue weighted by atomic mass is 32.2. The lowest BCUT2D eigenvalue weighted by molar-refractivity contribution is 0.0698. The molecule has 1 aromatic rings. The minimum atomic E-state index is -1.07. The fraction of sp³-hybridized carbons (Fsp3) is 0.300. The molecule has 5 N–H and O–H groups in total. The van der Waals surface area contributed by atoms with Crippen LogP contribution in [-0.4, -0.2) is 39.8 Å². The molecule has 0 aliphatic rings. The van der Waals surface area contributed by atoms with E-state index in [0.29, 0.717) is 5.75 Å². The summed E-state index contributed by atoms with van der Waals surface area (Å²) in [5.41, 5.74) is 5.81. The van der Waals surface area contributed by atoms with Crippen LogP contribution in [0.4, 0.5) is 5.69 Å². The molecule has 0 aliphatic heterocycles. The number of rotatable bonds is 5. The molecule has 6 heteroatoms. The number of hydrogen-bond donors (Lipinski definition) is 4. The van der Waals surface area contributed by atoms with Crippen molar-refractivity contribution >= 4 is 23.4 Å². The van der Waals surface area contributed by atoms with Crippen molar-refractivity contribution in [2.45, 2.75) is 11.0 Å². The average molecular weight is 243 g/mol. The van der Waals surface area contributed by atoms with Crippen LogP contribution in [0.2, 0.25) is 0 Å². The van der Waals surface area contributed by atoms with Crippen LogP contribution in [-0.2, 0) is 0 Å². The molecular weight excluding hydrogens is 230 g/mol. The maximum Gasteiger partial charge on any atom is 0.337 e. The van der Waals surface area contributed by atoms with Crippen LogP contribution in [0, 0.1) is 0 Å².